The molecule has 0 saturated heterocycles. The smallest absolute Gasteiger partial charge is 0.00442 e. The molecule has 1 saturated carbocycles. The van der Waals surface area contributed by atoms with Gasteiger partial charge in [0.25, 0.3) is 0 Å². The van der Waals surface area contributed by atoms with Gasteiger partial charge in [0.15, 0.2) is 0 Å². The summed E-state index contributed by atoms with van der Waals surface area (Å²) in [6.07, 6.45) is 5.26. The van der Waals surface area contributed by atoms with E-state index < -0.39 is 0 Å². The Labute approximate surface area is 90.5 Å². The molecule has 3 atom stereocenters. The van der Waals surface area contributed by atoms with Crippen molar-refractivity contribution < 1.29 is 0 Å². The molecule has 86 valence electrons. The fourth-order valence-corrected chi connectivity index (χ4v) is 2.41. The summed E-state index contributed by atoms with van der Waals surface area (Å²) >= 11 is 0. The molecular weight excluding hydrogens is 170 g/mol. The predicted octanol–water partition coefficient (Wildman–Crippen LogP) is 3.82. The minimum absolute atomic E-state index is 0.483. The molecule has 0 spiro atoms. The van der Waals surface area contributed by atoms with Gasteiger partial charge in [-0.3, -0.25) is 0 Å². The lowest BCUT2D eigenvalue weighted by Crippen LogP contribution is -2.34. The first-order chi connectivity index (χ1) is 6.63. The minimum atomic E-state index is 0.483. The Morgan fingerprint density at radius 1 is 1.14 bits per heavy atom. The third-order valence-electron chi connectivity index (χ3n) is 3.40. The third-order valence-corrected chi connectivity index (χ3v) is 3.40. The standard InChI is InChI=1S/C11H23N.C2H6/c1-4-9-5-10(8(2)3)7-11(12)6-9;1-2/h8-11H,4-7,12H2,1-3H3;1-2H3. The maximum absolute atomic E-state index is 6.03. The van der Waals surface area contributed by atoms with Crippen LogP contribution in [0.5, 0.6) is 0 Å². The molecule has 14 heavy (non-hydrogen) atoms. The molecule has 0 radical (unpaired) electrons. The molecule has 0 aromatic rings. The Kier molecular flexibility index (Phi) is 7.26. The predicted molar refractivity (Wildman–Crippen MR) is 65.3 cm³/mol. The zero-order valence-corrected chi connectivity index (χ0v) is 10.7. The van der Waals surface area contributed by atoms with Gasteiger partial charge in [0.05, 0.1) is 0 Å². The minimum Gasteiger partial charge on any atom is -0.328 e. The van der Waals surface area contributed by atoms with Crippen LogP contribution in [0, 0.1) is 17.8 Å². The molecule has 0 amide bonds. The van der Waals surface area contributed by atoms with Crippen molar-refractivity contribution in [3.05, 3.63) is 0 Å². The van der Waals surface area contributed by atoms with Crippen LogP contribution in [-0.2, 0) is 0 Å². The Bertz CT molecular complexity index is 131. The maximum atomic E-state index is 6.03. The number of nitrogens with two attached hydrogens (primary N) is 1. The van der Waals surface area contributed by atoms with Crippen LogP contribution < -0.4 is 5.73 Å². The molecule has 0 aromatic heterocycles. The summed E-state index contributed by atoms with van der Waals surface area (Å²) in [5, 5.41) is 0. The lowest BCUT2D eigenvalue weighted by molar-refractivity contribution is 0.190. The van der Waals surface area contributed by atoms with Gasteiger partial charge < -0.3 is 5.73 Å². The van der Waals surface area contributed by atoms with Gasteiger partial charge >= 0.3 is 0 Å². The number of hydrogen-bond donors (Lipinski definition) is 1. The summed E-state index contributed by atoms with van der Waals surface area (Å²) in [5.41, 5.74) is 6.03. The Balaban J connectivity index is 0.000000791. The van der Waals surface area contributed by atoms with E-state index in [1.54, 1.807) is 0 Å². The van der Waals surface area contributed by atoms with Crippen LogP contribution >= 0.6 is 0 Å². The van der Waals surface area contributed by atoms with Crippen molar-refractivity contribution in [2.75, 3.05) is 0 Å². The average Bonchev–Trinajstić information content (AvgIpc) is 2.20. The third kappa shape index (κ3) is 4.45. The van der Waals surface area contributed by atoms with E-state index in [1.165, 1.54) is 25.7 Å². The fraction of sp³-hybridized carbons (Fsp3) is 1.00. The number of hydrogen-bond acceptors (Lipinski definition) is 1. The molecular formula is C13H29N. The van der Waals surface area contributed by atoms with Gasteiger partial charge in [-0.2, -0.15) is 0 Å². The maximum Gasteiger partial charge on any atom is 0.00442 e. The second kappa shape index (κ2) is 7.28. The normalized spacial score (nSPS) is 32.4. The first-order valence-corrected chi connectivity index (χ1v) is 6.39. The zero-order chi connectivity index (χ0) is 11.1. The van der Waals surface area contributed by atoms with Gasteiger partial charge in [0.1, 0.15) is 0 Å². The number of rotatable bonds is 2. The van der Waals surface area contributed by atoms with E-state index in [9.17, 15) is 0 Å². The van der Waals surface area contributed by atoms with Gasteiger partial charge in [-0.15, -0.1) is 0 Å². The summed E-state index contributed by atoms with van der Waals surface area (Å²) in [7, 11) is 0. The molecule has 1 fully saturated rings. The highest BCUT2D eigenvalue weighted by molar-refractivity contribution is 4.81. The van der Waals surface area contributed by atoms with Crippen LogP contribution in [0.4, 0.5) is 0 Å². The quantitative estimate of drug-likeness (QED) is 0.719. The van der Waals surface area contributed by atoms with E-state index >= 15 is 0 Å². The van der Waals surface area contributed by atoms with Gasteiger partial charge in [-0.1, -0.05) is 41.0 Å². The lowest BCUT2D eigenvalue weighted by Gasteiger charge is -2.34. The first-order valence-electron chi connectivity index (χ1n) is 6.39. The van der Waals surface area contributed by atoms with Crippen molar-refractivity contribution in [1.29, 1.82) is 0 Å². The molecule has 0 bridgehead atoms. The van der Waals surface area contributed by atoms with Gasteiger partial charge in [0.2, 0.25) is 0 Å². The van der Waals surface area contributed by atoms with Crippen molar-refractivity contribution in [2.45, 2.75) is 66.3 Å². The highest BCUT2D eigenvalue weighted by atomic mass is 14.6. The van der Waals surface area contributed by atoms with Gasteiger partial charge in [-0.25, -0.2) is 0 Å². The molecule has 0 aliphatic heterocycles. The second-order valence-electron chi connectivity index (χ2n) is 4.75. The monoisotopic (exact) mass is 199 g/mol. The Morgan fingerprint density at radius 2 is 1.71 bits per heavy atom. The average molecular weight is 199 g/mol. The van der Waals surface area contributed by atoms with E-state index in [4.69, 9.17) is 5.73 Å². The van der Waals surface area contributed by atoms with E-state index in [1.807, 2.05) is 13.8 Å². The van der Waals surface area contributed by atoms with E-state index in [-0.39, 0.29) is 0 Å². The Morgan fingerprint density at radius 3 is 2.14 bits per heavy atom. The van der Waals surface area contributed by atoms with Crippen LogP contribution in [0.15, 0.2) is 0 Å². The van der Waals surface area contributed by atoms with Crippen molar-refractivity contribution in [3.8, 4) is 0 Å². The zero-order valence-electron chi connectivity index (χ0n) is 10.7. The van der Waals surface area contributed by atoms with Crippen molar-refractivity contribution in [2.24, 2.45) is 23.5 Å². The van der Waals surface area contributed by atoms with Crippen molar-refractivity contribution in [3.63, 3.8) is 0 Å². The molecule has 0 heterocycles. The molecule has 0 aromatic carbocycles. The van der Waals surface area contributed by atoms with E-state index in [0.717, 1.165) is 17.8 Å². The summed E-state index contributed by atoms with van der Waals surface area (Å²) in [5.74, 6) is 2.62. The molecule has 1 nitrogen and oxygen atoms in total. The highest BCUT2D eigenvalue weighted by Crippen LogP contribution is 2.34. The SMILES string of the molecule is CC.CCC1CC(N)CC(C(C)C)C1. The lowest BCUT2D eigenvalue weighted by atomic mass is 9.73. The fourth-order valence-electron chi connectivity index (χ4n) is 2.41. The van der Waals surface area contributed by atoms with Crippen molar-refractivity contribution >= 4 is 0 Å². The van der Waals surface area contributed by atoms with Crippen molar-refractivity contribution in [1.82, 2.24) is 0 Å². The summed E-state index contributed by atoms with van der Waals surface area (Å²) in [6, 6.07) is 0.483. The van der Waals surface area contributed by atoms with Gasteiger partial charge in [0, 0.05) is 6.04 Å². The topological polar surface area (TPSA) is 26.0 Å². The first kappa shape index (κ1) is 14.0. The van der Waals surface area contributed by atoms with Crippen LogP contribution in [-0.4, -0.2) is 6.04 Å². The molecule has 2 N–H and O–H groups in total. The van der Waals surface area contributed by atoms with Crippen LogP contribution in [0.3, 0.4) is 0 Å². The molecule has 3 unspecified atom stereocenters. The van der Waals surface area contributed by atoms with Crippen LogP contribution in [0.2, 0.25) is 0 Å². The highest BCUT2D eigenvalue weighted by Gasteiger charge is 2.27. The largest absolute Gasteiger partial charge is 0.328 e. The Hall–Kier alpha value is -0.0400. The van der Waals surface area contributed by atoms with Crippen LogP contribution in [0.25, 0.3) is 0 Å². The second-order valence-corrected chi connectivity index (χ2v) is 4.75. The summed E-state index contributed by atoms with van der Waals surface area (Å²) in [6.45, 7) is 10.9. The molecule has 1 heteroatoms. The van der Waals surface area contributed by atoms with Crippen LogP contribution in [0.1, 0.15) is 60.3 Å². The molecule has 1 rings (SSSR count). The summed E-state index contributed by atoms with van der Waals surface area (Å²) in [4.78, 5) is 0. The van der Waals surface area contributed by atoms with Gasteiger partial charge in [-0.05, 0) is 37.0 Å². The molecule has 1 aliphatic carbocycles. The van der Waals surface area contributed by atoms with E-state index in [2.05, 4.69) is 20.8 Å². The molecule has 1 aliphatic rings. The summed E-state index contributed by atoms with van der Waals surface area (Å²) < 4.78 is 0. The van der Waals surface area contributed by atoms with E-state index in [0.29, 0.717) is 6.04 Å².